The largest absolute Gasteiger partial charge is 0.443 e. The number of fused-ring (bicyclic) bond motifs is 1. The molecule has 2 aromatic heterocycles. The van der Waals surface area contributed by atoms with Gasteiger partial charge in [0.05, 0.1) is 17.2 Å². The predicted octanol–water partition coefficient (Wildman–Crippen LogP) is 1.51. The second kappa shape index (κ2) is 3.73. The molecule has 0 radical (unpaired) electrons. The summed E-state index contributed by atoms with van der Waals surface area (Å²) >= 11 is 0. The summed E-state index contributed by atoms with van der Waals surface area (Å²) in [6, 6.07) is 1.58. The van der Waals surface area contributed by atoms with Crippen LogP contribution >= 0.6 is 0 Å². The van der Waals surface area contributed by atoms with E-state index in [0.717, 1.165) is 4.57 Å². The monoisotopic (exact) mass is 235 g/mol. The minimum Gasteiger partial charge on any atom is -0.443 e. The molecule has 2 rings (SSSR count). The van der Waals surface area contributed by atoms with Crippen LogP contribution in [0, 0.1) is 0 Å². The standard InChI is InChI=1S/C11H13N3O3/c1-11(2,3)17-10(16)14-8-4-5-12-6-7(8)13-9(14)15/h4-6H,1-3H3,(H,13,15). The van der Waals surface area contributed by atoms with E-state index in [-0.39, 0.29) is 0 Å². The van der Waals surface area contributed by atoms with Crippen LogP contribution in [-0.4, -0.2) is 26.2 Å². The lowest BCUT2D eigenvalue weighted by Gasteiger charge is -2.19. The minimum absolute atomic E-state index is 0.458. The number of carbonyl (C=O) groups excluding carboxylic acids is 1. The fourth-order valence-corrected chi connectivity index (χ4v) is 1.45. The van der Waals surface area contributed by atoms with Gasteiger partial charge in [-0.25, -0.2) is 9.59 Å². The Hall–Kier alpha value is -2.11. The van der Waals surface area contributed by atoms with Crippen molar-refractivity contribution in [3.63, 3.8) is 0 Å². The third kappa shape index (κ3) is 2.20. The highest BCUT2D eigenvalue weighted by molar-refractivity contribution is 5.85. The van der Waals surface area contributed by atoms with Gasteiger partial charge in [-0.15, -0.1) is 0 Å². The normalized spacial score (nSPS) is 11.7. The van der Waals surface area contributed by atoms with E-state index in [9.17, 15) is 9.59 Å². The van der Waals surface area contributed by atoms with Gasteiger partial charge >= 0.3 is 11.8 Å². The van der Waals surface area contributed by atoms with Gasteiger partial charge in [0.25, 0.3) is 0 Å². The van der Waals surface area contributed by atoms with E-state index in [1.165, 1.54) is 12.4 Å². The average molecular weight is 235 g/mol. The average Bonchev–Trinajstić information content (AvgIpc) is 2.50. The van der Waals surface area contributed by atoms with Crippen LogP contribution in [0.3, 0.4) is 0 Å². The quantitative estimate of drug-likeness (QED) is 0.750. The Balaban J connectivity index is 2.52. The van der Waals surface area contributed by atoms with Gasteiger partial charge < -0.3 is 9.72 Å². The van der Waals surface area contributed by atoms with Crippen LogP contribution in [0.5, 0.6) is 0 Å². The smallest absolute Gasteiger partial charge is 0.423 e. The first-order valence-electron chi connectivity index (χ1n) is 5.16. The Morgan fingerprint density at radius 2 is 2.18 bits per heavy atom. The zero-order valence-electron chi connectivity index (χ0n) is 9.85. The number of nitrogens with one attached hydrogen (secondary N) is 1. The number of imidazole rings is 1. The summed E-state index contributed by atoms with van der Waals surface area (Å²) in [5.74, 6) is 0. The van der Waals surface area contributed by atoms with Crippen molar-refractivity contribution < 1.29 is 9.53 Å². The molecule has 2 heterocycles. The number of ether oxygens (including phenoxy) is 1. The van der Waals surface area contributed by atoms with Crippen LogP contribution in [0.25, 0.3) is 11.0 Å². The fraction of sp³-hybridized carbons (Fsp3) is 0.364. The Bertz CT molecular complexity index is 619. The van der Waals surface area contributed by atoms with E-state index in [1.807, 2.05) is 0 Å². The molecule has 0 unspecified atom stereocenters. The van der Waals surface area contributed by atoms with Crippen LogP contribution < -0.4 is 5.69 Å². The Morgan fingerprint density at radius 3 is 2.82 bits per heavy atom. The summed E-state index contributed by atoms with van der Waals surface area (Å²) in [6.45, 7) is 5.23. The maximum Gasteiger partial charge on any atom is 0.423 e. The van der Waals surface area contributed by atoms with Crippen molar-refractivity contribution in [2.45, 2.75) is 26.4 Å². The summed E-state index contributed by atoms with van der Waals surface area (Å²) in [5.41, 5.74) is -0.211. The van der Waals surface area contributed by atoms with E-state index in [2.05, 4.69) is 9.97 Å². The first kappa shape index (κ1) is 11.4. The fourth-order valence-electron chi connectivity index (χ4n) is 1.45. The van der Waals surface area contributed by atoms with Gasteiger partial charge in [-0.2, -0.15) is 4.57 Å². The third-order valence-corrected chi connectivity index (χ3v) is 2.06. The number of aromatic amines is 1. The maximum atomic E-state index is 11.9. The lowest BCUT2D eigenvalue weighted by Crippen LogP contribution is -2.32. The molecule has 2 aromatic rings. The molecule has 0 saturated carbocycles. The second-order valence-electron chi connectivity index (χ2n) is 4.64. The first-order valence-corrected chi connectivity index (χ1v) is 5.16. The number of hydrogen-bond acceptors (Lipinski definition) is 4. The van der Waals surface area contributed by atoms with Gasteiger partial charge in [-0.05, 0) is 26.8 Å². The summed E-state index contributed by atoms with van der Waals surface area (Å²) in [4.78, 5) is 29.9. The van der Waals surface area contributed by atoms with Crippen molar-refractivity contribution in [1.82, 2.24) is 14.5 Å². The van der Waals surface area contributed by atoms with E-state index < -0.39 is 17.4 Å². The van der Waals surface area contributed by atoms with Crippen LogP contribution in [0.4, 0.5) is 4.79 Å². The molecule has 0 aromatic carbocycles. The van der Waals surface area contributed by atoms with Crippen LogP contribution in [0.2, 0.25) is 0 Å². The zero-order valence-corrected chi connectivity index (χ0v) is 9.85. The minimum atomic E-state index is -0.694. The molecule has 17 heavy (non-hydrogen) atoms. The highest BCUT2D eigenvalue weighted by Gasteiger charge is 2.21. The summed E-state index contributed by atoms with van der Waals surface area (Å²) in [7, 11) is 0. The number of carbonyl (C=O) groups is 1. The molecule has 6 heteroatoms. The van der Waals surface area contributed by atoms with Gasteiger partial charge in [0, 0.05) is 6.20 Å². The van der Waals surface area contributed by atoms with Gasteiger partial charge in [-0.1, -0.05) is 0 Å². The molecule has 0 spiro atoms. The van der Waals surface area contributed by atoms with Crippen molar-refractivity contribution in [2.75, 3.05) is 0 Å². The number of nitrogens with zero attached hydrogens (tertiary/aromatic N) is 2. The van der Waals surface area contributed by atoms with Crippen LogP contribution in [-0.2, 0) is 4.74 Å². The predicted molar refractivity (Wildman–Crippen MR) is 62.0 cm³/mol. The molecule has 6 nitrogen and oxygen atoms in total. The Morgan fingerprint density at radius 1 is 1.47 bits per heavy atom. The summed E-state index contributed by atoms with van der Waals surface area (Å²) < 4.78 is 6.12. The molecular weight excluding hydrogens is 222 g/mol. The number of H-pyrrole nitrogens is 1. The molecule has 0 fully saturated rings. The van der Waals surface area contributed by atoms with Crippen molar-refractivity contribution in [2.24, 2.45) is 0 Å². The van der Waals surface area contributed by atoms with E-state index in [4.69, 9.17) is 4.74 Å². The molecular formula is C11H13N3O3. The lowest BCUT2D eigenvalue weighted by molar-refractivity contribution is 0.0538. The Kier molecular flexibility index (Phi) is 2.49. The zero-order chi connectivity index (χ0) is 12.6. The highest BCUT2D eigenvalue weighted by Crippen LogP contribution is 2.12. The van der Waals surface area contributed by atoms with Crippen LogP contribution in [0.15, 0.2) is 23.3 Å². The van der Waals surface area contributed by atoms with Gasteiger partial charge in [0.1, 0.15) is 5.60 Å². The van der Waals surface area contributed by atoms with Crippen molar-refractivity contribution >= 4 is 17.1 Å². The molecule has 0 bridgehead atoms. The molecule has 0 saturated heterocycles. The van der Waals surface area contributed by atoms with Crippen molar-refractivity contribution in [1.29, 1.82) is 0 Å². The van der Waals surface area contributed by atoms with E-state index >= 15 is 0 Å². The van der Waals surface area contributed by atoms with E-state index in [0.29, 0.717) is 11.0 Å². The van der Waals surface area contributed by atoms with Crippen molar-refractivity contribution in [3.05, 3.63) is 28.9 Å². The molecule has 1 N–H and O–H groups in total. The molecule has 0 aliphatic heterocycles. The van der Waals surface area contributed by atoms with Crippen molar-refractivity contribution in [3.8, 4) is 0 Å². The van der Waals surface area contributed by atoms with Gasteiger partial charge in [0.2, 0.25) is 0 Å². The number of pyridine rings is 1. The summed E-state index contributed by atoms with van der Waals surface area (Å²) in [6.07, 6.45) is 2.30. The maximum absolute atomic E-state index is 11.9. The molecule has 0 aliphatic carbocycles. The lowest BCUT2D eigenvalue weighted by atomic mass is 10.2. The van der Waals surface area contributed by atoms with Crippen LogP contribution in [0.1, 0.15) is 20.8 Å². The third-order valence-electron chi connectivity index (χ3n) is 2.06. The molecule has 0 aliphatic rings. The second-order valence-corrected chi connectivity index (χ2v) is 4.64. The molecule has 0 amide bonds. The number of rotatable bonds is 0. The topological polar surface area (TPSA) is 77.0 Å². The molecule has 90 valence electrons. The number of aromatic nitrogens is 3. The number of hydrogen-bond donors (Lipinski definition) is 1. The Labute approximate surface area is 97.2 Å². The summed E-state index contributed by atoms with van der Waals surface area (Å²) in [5, 5.41) is 0. The SMILES string of the molecule is CC(C)(C)OC(=O)n1c(=O)[nH]c2cnccc21. The highest BCUT2D eigenvalue weighted by atomic mass is 16.6. The van der Waals surface area contributed by atoms with Gasteiger partial charge in [0.15, 0.2) is 0 Å². The molecule has 0 atom stereocenters. The van der Waals surface area contributed by atoms with E-state index in [1.54, 1.807) is 26.8 Å². The first-order chi connectivity index (χ1) is 7.88. The van der Waals surface area contributed by atoms with Gasteiger partial charge in [-0.3, -0.25) is 4.98 Å².